The number of aliphatic hydroxyl groups excluding tert-OH is 1. The SMILES string of the molecule is CCOC(=O)c1ccc(N2C(=O)C(=O)/C(=C(\O)c3ccc(OC)cc3)C2C(C)C)cc1. The summed E-state index contributed by atoms with van der Waals surface area (Å²) < 4.78 is 10.1. The molecule has 1 amide bonds. The zero-order chi connectivity index (χ0) is 22.7. The number of carbonyl (C=O) groups is 3. The second-order valence-corrected chi connectivity index (χ2v) is 7.45. The molecule has 0 bridgehead atoms. The lowest BCUT2D eigenvalue weighted by Gasteiger charge is -2.28. The van der Waals surface area contributed by atoms with E-state index in [1.807, 2.05) is 13.8 Å². The molecule has 7 nitrogen and oxygen atoms in total. The Labute approximate surface area is 180 Å². The van der Waals surface area contributed by atoms with E-state index in [1.54, 1.807) is 55.5 Å². The molecule has 1 heterocycles. The highest BCUT2D eigenvalue weighted by Crippen LogP contribution is 2.36. The summed E-state index contributed by atoms with van der Waals surface area (Å²) in [6.45, 7) is 5.72. The van der Waals surface area contributed by atoms with Gasteiger partial charge < -0.3 is 14.6 Å². The van der Waals surface area contributed by atoms with Crippen LogP contribution >= 0.6 is 0 Å². The maximum absolute atomic E-state index is 12.9. The molecule has 162 valence electrons. The van der Waals surface area contributed by atoms with E-state index in [2.05, 4.69) is 0 Å². The van der Waals surface area contributed by atoms with E-state index >= 15 is 0 Å². The number of anilines is 1. The number of hydrogen-bond donors (Lipinski definition) is 1. The third kappa shape index (κ3) is 4.17. The number of amides is 1. The zero-order valence-electron chi connectivity index (χ0n) is 17.9. The van der Waals surface area contributed by atoms with Gasteiger partial charge in [0.05, 0.1) is 30.9 Å². The molecule has 1 atom stereocenters. The minimum Gasteiger partial charge on any atom is -0.507 e. The molecule has 1 N–H and O–H groups in total. The van der Waals surface area contributed by atoms with E-state index in [9.17, 15) is 19.5 Å². The molecule has 3 rings (SSSR count). The third-order valence-electron chi connectivity index (χ3n) is 5.14. The highest BCUT2D eigenvalue weighted by Gasteiger charge is 2.47. The third-order valence-corrected chi connectivity index (χ3v) is 5.14. The van der Waals surface area contributed by atoms with Crippen LogP contribution in [0, 0.1) is 5.92 Å². The standard InChI is InChI=1S/C24H25NO6/c1-5-31-24(29)16-6-10-17(11-7-16)25-20(14(2)3)19(22(27)23(25)28)21(26)15-8-12-18(30-4)13-9-15/h6-14,20,26H,5H2,1-4H3/b21-19-. The molecule has 1 fully saturated rings. The number of methoxy groups -OCH3 is 1. The van der Waals surface area contributed by atoms with Crippen molar-refractivity contribution in [3.63, 3.8) is 0 Å². The number of ether oxygens (including phenoxy) is 2. The topological polar surface area (TPSA) is 93.1 Å². The van der Waals surface area contributed by atoms with E-state index in [-0.39, 0.29) is 23.9 Å². The van der Waals surface area contributed by atoms with Crippen molar-refractivity contribution in [2.45, 2.75) is 26.8 Å². The fraction of sp³-hybridized carbons (Fsp3) is 0.292. The molecule has 7 heteroatoms. The van der Waals surface area contributed by atoms with E-state index in [4.69, 9.17) is 9.47 Å². The first-order chi connectivity index (χ1) is 14.8. The van der Waals surface area contributed by atoms with Crippen LogP contribution < -0.4 is 9.64 Å². The van der Waals surface area contributed by atoms with Crippen molar-refractivity contribution >= 4 is 29.1 Å². The molecule has 0 aromatic heterocycles. The highest BCUT2D eigenvalue weighted by atomic mass is 16.5. The highest BCUT2D eigenvalue weighted by molar-refractivity contribution is 6.51. The van der Waals surface area contributed by atoms with Gasteiger partial charge in [-0.3, -0.25) is 14.5 Å². The fourth-order valence-corrected chi connectivity index (χ4v) is 3.65. The second-order valence-electron chi connectivity index (χ2n) is 7.45. The smallest absolute Gasteiger partial charge is 0.338 e. The molecule has 2 aromatic rings. The average molecular weight is 423 g/mol. The van der Waals surface area contributed by atoms with Crippen LogP contribution in [-0.4, -0.2) is 42.5 Å². The van der Waals surface area contributed by atoms with Crippen LogP contribution in [-0.2, 0) is 14.3 Å². The molecular weight excluding hydrogens is 398 g/mol. The van der Waals surface area contributed by atoms with Crippen LogP contribution in [0.1, 0.15) is 36.7 Å². The number of benzene rings is 2. The summed E-state index contributed by atoms with van der Waals surface area (Å²) in [5, 5.41) is 10.9. The van der Waals surface area contributed by atoms with Gasteiger partial charge in [0.15, 0.2) is 0 Å². The van der Waals surface area contributed by atoms with Gasteiger partial charge in [-0.2, -0.15) is 0 Å². The first kappa shape index (κ1) is 22.1. The van der Waals surface area contributed by atoms with Gasteiger partial charge in [-0.05, 0) is 61.4 Å². The van der Waals surface area contributed by atoms with Crippen molar-refractivity contribution in [1.29, 1.82) is 0 Å². The Morgan fingerprint density at radius 3 is 2.13 bits per heavy atom. The molecule has 0 spiro atoms. The number of esters is 1. The lowest BCUT2D eigenvalue weighted by Crippen LogP contribution is -2.37. The first-order valence-electron chi connectivity index (χ1n) is 10.0. The van der Waals surface area contributed by atoms with Gasteiger partial charge in [0, 0.05) is 11.3 Å². The molecule has 1 aliphatic rings. The van der Waals surface area contributed by atoms with Gasteiger partial charge >= 0.3 is 5.97 Å². The van der Waals surface area contributed by atoms with E-state index in [0.717, 1.165) is 0 Å². The maximum Gasteiger partial charge on any atom is 0.338 e. The van der Waals surface area contributed by atoms with Crippen molar-refractivity contribution in [2.75, 3.05) is 18.6 Å². The normalized spacial score (nSPS) is 17.8. The Balaban J connectivity index is 2.03. The minimum absolute atomic E-state index is 0.0552. The summed E-state index contributed by atoms with van der Waals surface area (Å²) in [4.78, 5) is 39.1. The lowest BCUT2D eigenvalue weighted by atomic mass is 9.93. The summed E-state index contributed by atoms with van der Waals surface area (Å²) in [5.41, 5.74) is 1.28. The molecule has 0 aliphatic carbocycles. The Kier molecular flexibility index (Phi) is 6.44. The van der Waals surface area contributed by atoms with Crippen LogP contribution in [0.4, 0.5) is 5.69 Å². The number of carbonyl (C=O) groups excluding carboxylic acids is 3. The minimum atomic E-state index is -0.749. The summed E-state index contributed by atoms with van der Waals surface area (Å²) in [5.74, 6) is -1.71. The lowest BCUT2D eigenvalue weighted by molar-refractivity contribution is -0.132. The number of aliphatic hydroxyl groups is 1. The molecule has 31 heavy (non-hydrogen) atoms. The first-order valence-corrected chi connectivity index (χ1v) is 10.0. The van der Waals surface area contributed by atoms with Gasteiger partial charge in [0.1, 0.15) is 11.5 Å². The second kappa shape index (κ2) is 9.04. The van der Waals surface area contributed by atoms with Crippen molar-refractivity contribution in [3.05, 3.63) is 65.2 Å². The Bertz CT molecular complexity index is 1020. The van der Waals surface area contributed by atoms with Crippen LogP contribution in [0.5, 0.6) is 5.75 Å². The molecule has 0 radical (unpaired) electrons. The number of hydrogen-bond acceptors (Lipinski definition) is 6. The summed E-state index contributed by atoms with van der Waals surface area (Å²) in [6.07, 6.45) is 0. The zero-order valence-corrected chi connectivity index (χ0v) is 17.9. The van der Waals surface area contributed by atoms with Crippen molar-refractivity contribution < 1.29 is 29.0 Å². The number of ketones is 1. The van der Waals surface area contributed by atoms with Crippen LogP contribution in [0.15, 0.2) is 54.1 Å². The van der Waals surface area contributed by atoms with Crippen molar-refractivity contribution in [2.24, 2.45) is 5.92 Å². The average Bonchev–Trinajstić information content (AvgIpc) is 3.04. The predicted molar refractivity (Wildman–Crippen MR) is 116 cm³/mol. The van der Waals surface area contributed by atoms with Gasteiger partial charge in [-0.15, -0.1) is 0 Å². The molecule has 2 aromatic carbocycles. The van der Waals surface area contributed by atoms with Crippen LogP contribution in [0.2, 0.25) is 0 Å². The van der Waals surface area contributed by atoms with Crippen molar-refractivity contribution in [1.82, 2.24) is 0 Å². The maximum atomic E-state index is 12.9. The monoisotopic (exact) mass is 423 g/mol. The van der Waals surface area contributed by atoms with E-state index < -0.39 is 23.7 Å². The van der Waals surface area contributed by atoms with Crippen molar-refractivity contribution in [3.8, 4) is 5.75 Å². The molecular formula is C24H25NO6. The number of rotatable bonds is 6. The molecule has 1 unspecified atom stereocenters. The van der Waals surface area contributed by atoms with Gasteiger partial charge in [-0.1, -0.05) is 13.8 Å². The van der Waals surface area contributed by atoms with Gasteiger partial charge in [0.2, 0.25) is 0 Å². The summed E-state index contributed by atoms with van der Waals surface area (Å²) >= 11 is 0. The Morgan fingerprint density at radius 2 is 1.61 bits per heavy atom. The Hall–Kier alpha value is -3.61. The largest absolute Gasteiger partial charge is 0.507 e. The Morgan fingerprint density at radius 1 is 1.03 bits per heavy atom. The van der Waals surface area contributed by atoms with Crippen LogP contribution in [0.3, 0.4) is 0 Å². The number of Topliss-reactive ketones (excluding diaryl/α,β-unsaturated/α-hetero) is 1. The van der Waals surface area contributed by atoms with Gasteiger partial charge in [0.25, 0.3) is 11.7 Å². The van der Waals surface area contributed by atoms with E-state index in [0.29, 0.717) is 22.6 Å². The molecule has 1 aliphatic heterocycles. The predicted octanol–water partition coefficient (Wildman–Crippen LogP) is 3.78. The fourth-order valence-electron chi connectivity index (χ4n) is 3.65. The molecule has 1 saturated heterocycles. The molecule has 0 saturated carbocycles. The van der Waals surface area contributed by atoms with E-state index in [1.165, 1.54) is 12.0 Å². The van der Waals surface area contributed by atoms with Gasteiger partial charge in [-0.25, -0.2) is 4.79 Å². The quantitative estimate of drug-likeness (QED) is 0.329. The summed E-state index contributed by atoms with van der Waals surface area (Å²) in [7, 11) is 1.53. The number of nitrogens with zero attached hydrogens (tertiary/aromatic N) is 1. The van der Waals surface area contributed by atoms with Crippen LogP contribution in [0.25, 0.3) is 5.76 Å². The summed E-state index contributed by atoms with van der Waals surface area (Å²) in [6, 6.07) is 12.2.